The van der Waals surface area contributed by atoms with Crippen molar-refractivity contribution in [3.63, 3.8) is 0 Å². The van der Waals surface area contributed by atoms with Gasteiger partial charge in [0.2, 0.25) is 0 Å². The van der Waals surface area contributed by atoms with Gasteiger partial charge in [-0.15, -0.1) is 0 Å². The van der Waals surface area contributed by atoms with Crippen molar-refractivity contribution in [2.24, 2.45) is 0 Å². The summed E-state index contributed by atoms with van der Waals surface area (Å²) in [5, 5.41) is 9.18. The van der Waals surface area contributed by atoms with Crippen LogP contribution in [0.4, 0.5) is 17.6 Å². The van der Waals surface area contributed by atoms with Crippen molar-refractivity contribution in [1.82, 2.24) is 0 Å². The number of rotatable bonds is 2. The third-order valence-corrected chi connectivity index (χ3v) is 3.73. The molecule has 0 spiro atoms. The third kappa shape index (κ3) is 2.66. The number of hydrogen-bond donors (Lipinski definition) is 0. The lowest BCUT2D eigenvalue weighted by Crippen LogP contribution is -2.10. The Bertz CT molecular complexity index is 723. The highest BCUT2D eigenvalue weighted by Gasteiger charge is 2.30. The lowest BCUT2D eigenvalue weighted by molar-refractivity contribution is 0.431. The Morgan fingerprint density at radius 3 is 2.10 bits per heavy atom. The molecule has 1 nitrogen and oxygen atoms in total. The fourth-order valence-electron chi connectivity index (χ4n) is 2.03. The molecule has 0 aliphatic heterocycles. The Balaban J connectivity index is 2.73. The maximum Gasteiger partial charge on any atom is 0.176 e. The smallest absolute Gasteiger partial charge is 0.176 e. The maximum atomic E-state index is 14.0. The standard InChI is InChI=1S/C15H8BrF4N/c1-7-3-2-4-8(5-7)9(6-21)10-12(17)14(19)11(16)15(20)13(10)18/h2-5,9H,1H3. The molecule has 0 saturated carbocycles. The van der Waals surface area contributed by atoms with Gasteiger partial charge in [-0.2, -0.15) is 5.26 Å². The minimum atomic E-state index is -1.58. The molecule has 0 bridgehead atoms. The molecular weight excluding hydrogens is 350 g/mol. The minimum Gasteiger partial charge on any atom is -0.203 e. The van der Waals surface area contributed by atoms with E-state index in [-0.39, 0.29) is 5.56 Å². The van der Waals surface area contributed by atoms with Crippen LogP contribution < -0.4 is 0 Å². The summed E-state index contributed by atoms with van der Waals surface area (Å²) in [5.41, 5.74) is 0.0874. The van der Waals surface area contributed by atoms with Crippen LogP contribution in [-0.2, 0) is 0 Å². The van der Waals surface area contributed by atoms with Gasteiger partial charge in [-0.1, -0.05) is 29.8 Å². The van der Waals surface area contributed by atoms with Gasteiger partial charge in [0.05, 0.1) is 16.1 Å². The highest BCUT2D eigenvalue weighted by Crippen LogP contribution is 2.35. The maximum absolute atomic E-state index is 14.0. The van der Waals surface area contributed by atoms with E-state index in [4.69, 9.17) is 0 Å². The number of nitrogens with zero attached hydrogens (tertiary/aromatic N) is 1. The Morgan fingerprint density at radius 1 is 1.05 bits per heavy atom. The van der Waals surface area contributed by atoms with Crippen molar-refractivity contribution in [2.45, 2.75) is 12.8 Å². The van der Waals surface area contributed by atoms with E-state index in [1.165, 1.54) is 12.1 Å². The zero-order valence-electron chi connectivity index (χ0n) is 10.7. The molecule has 1 unspecified atom stereocenters. The molecule has 21 heavy (non-hydrogen) atoms. The van der Waals surface area contributed by atoms with Gasteiger partial charge in [0, 0.05) is 0 Å². The Morgan fingerprint density at radius 2 is 1.62 bits per heavy atom. The van der Waals surface area contributed by atoms with E-state index in [1.54, 1.807) is 25.1 Å². The monoisotopic (exact) mass is 357 g/mol. The number of nitriles is 1. The third-order valence-electron chi connectivity index (χ3n) is 3.04. The molecule has 0 aliphatic rings. The highest BCUT2D eigenvalue weighted by molar-refractivity contribution is 9.10. The van der Waals surface area contributed by atoms with Crippen LogP contribution in [0.3, 0.4) is 0 Å². The molecule has 2 aromatic carbocycles. The quantitative estimate of drug-likeness (QED) is 0.423. The molecule has 0 fully saturated rings. The summed E-state index contributed by atoms with van der Waals surface area (Å²) in [5.74, 6) is -7.71. The van der Waals surface area contributed by atoms with E-state index >= 15 is 0 Å². The van der Waals surface area contributed by atoms with Gasteiger partial charge in [-0.3, -0.25) is 0 Å². The molecular formula is C15H8BrF4N. The van der Waals surface area contributed by atoms with E-state index in [9.17, 15) is 22.8 Å². The summed E-state index contributed by atoms with van der Waals surface area (Å²) in [6.45, 7) is 1.73. The molecule has 2 aromatic rings. The van der Waals surface area contributed by atoms with Gasteiger partial charge in [-0.05, 0) is 28.4 Å². The number of hydrogen-bond acceptors (Lipinski definition) is 1. The van der Waals surface area contributed by atoms with Gasteiger partial charge in [-0.25, -0.2) is 17.6 Å². The van der Waals surface area contributed by atoms with Gasteiger partial charge in [0.25, 0.3) is 0 Å². The second-order valence-corrected chi connectivity index (χ2v) is 5.25. The van der Waals surface area contributed by atoms with Crippen LogP contribution in [0.15, 0.2) is 28.7 Å². The first-order chi connectivity index (χ1) is 9.88. The van der Waals surface area contributed by atoms with Crippen molar-refractivity contribution >= 4 is 15.9 Å². The molecule has 0 amide bonds. The first-order valence-electron chi connectivity index (χ1n) is 5.86. The molecule has 0 heterocycles. The van der Waals surface area contributed by atoms with Crippen molar-refractivity contribution < 1.29 is 17.6 Å². The number of benzene rings is 2. The van der Waals surface area contributed by atoms with Gasteiger partial charge in [0.1, 0.15) is 5.92 Å². The van der Waals surface area contributed by atoms with Crippen LogP contribution in [0.2, 0.25) is 0 Å². The molecule has 6 heteroatoms. The second-order valence-electron chi connectivity index (χ2n) is 4.46. The topological polar surface area (TPSA) is 23.8 Å². The van der Waals surface area contributed by atoms with E-state index in [1.807, 2.05) is 0 Å². The largest absolute Gasteiger partial charge is 0.203 e. The Kier molecular flexibility index (Phi) is 4.33. The predicted molar refractivity (Wildman–Crippen MR) is 72.6 cm³/mol. The van der Waals surface area contributed by atoms with Gasteiger partial charge in [0.15, 0.2) is 23.3 Å². The van der Waals surface area contributed by atoms with Crippen molar-refractivity contribution in [2.75, 3.05) is 0 Å². The summed E-state index contributed by atoms with van der Waals surface area (Å²) in [4.78, 5) is 0. The molecule has 1 atom stereocenters. The molecule has 2 rings (SSSR count). The number of aryl methyl sites for hydroxylation is 1. The van der Waals surface area contributed by atoms with Crippen LogP contribution in [-0.4, -0.2) is 0 Å². The summed E-state index contributed by atoms with van der Waals surface area (Å²) in [6.07, 6.45) is 0. The van der Waals surface area contributed by atoms with Crippen LogP contribution in [0.5, 0.6) is 0 Å². The molecule has 0 aromatic heterocycles. The minimum absolute atomic E-state index is 0.261. The van der Waals surface area contributed by atoms with Crippen LogP contribution in [0.1, 0.15) is 22.6 Å². The first-order valence-corrected chi connectivity index (χ1v) is 6.65. The molecule has 108 valence electrons. The number of halogens is 5. The van der Waals surface area contributed by atoms with Crippen molar-refractivity contribution in [3.05, 3.63) is 68.7 Å². The molecule has 0 saturated heterocycles. The van der Waals surface area contributed by atoms with Crippen molar-refractivity contribution in [1.29, 1.82) is 5.26 Å². The first kappa shape index (κ1) is 15.5. The second kappa shape index (κ2) is 5.86. The van der Waals surface area contributed by atoms with Gasteiger partial charge >= 0.3 is 0 Å². The normalized spacial score (nSPS) is 12.0. The van der Waals surface area contributed by atoms with Gasteiger partial charge < -0.3 is 0 Å². The summed E-state index contributed by atoms with van der Waals surface area (Å²) < 4.78 is 54.2. The van der Waals surface area contributed by atoms with Crippen molar-refractivity contribution in [3.8, 4) is 6.07 Å². The van der Waals surface area contributed by atoms with E-state index in [2.05, 4.69) is 15.9 Å². The summed E-state index contributed by atoms with van der Waals surface area (Å²) in [7, 11) is 0. The van der Waals surface area contributed by atoms with Crippen LogP contribution in [0, 0.1) is 41.5 Å². The van der Waals surface area contributed by atoms with Crippen LogP contribution in [0.25, 0.3) is 0 Å². The zero-order valence-corrected chi connectivity index (χ0v) is 12.3. The Labute approximate surface area is 127 Å². The molecule has 0 radical (unpaired) electrons. The SMILES string of the molecule is Cc1cccc(C(C#N)c2c(F)c(F)c(Br)c(F)c2F)c1. The molecule has 0 N–H and O–H groups in total. The van der Waals surface area contributed by atoms with E-state index in [0.717, 1.165) is 5.56 Å². The summed E-state index contributed by atoms with van der Waals surface area (Å²) in [6, 6.07) is 8.01. The Hall–Kier alpha value is -1.87. The fourth-order valence-corrected chi connectivity index (χ4v) is 2.38. The van der Waals surface area contributed by atoms with E-state index < -0.39 is 39.2 Å². The zero-order chi connectivity index (χ0) is 15.7. The predicted octanol–water partition coefficient (Wildman–Crippen LogP) is 4.97. The average molecular weight is 358 g/mol. The van der Waals surface area contributed by atoms with E-state index in [0.29, 0.717) is 0 Å². The summed E-state index contributed by atoms with van der Waals surface area (Å²) >= 11 is 2.44. The average Bonchev–Trinajstić information content (AvgIpc) is 2.47. The fraction of sp³-hybridized carbons (Fsp3) is 0.133. The molecule has 0 aliphatic carbocycles. The lowest BCUT2D eigenvalue weighted by atomic mass is 9.90. The van der Waals surface area contributed by atoms with Crippen LogP contribution >= 0.6 is 15.9 Å². The highest BCUT2D eigenvalue weighted by atomic mass is 79.9. The lowest BCUT2D eigenvalue weighted by Gasteiger charge is -2.14.